The molecular weight excluding hydrogens is 324 g/mol. The Labute approximate surface area is 136 Å². The molecule has 21 heavy (non-hydrogen) atoms. The third-order valence-corrected chi connectivity index (χ3v) is 4.31. The number of hydrogen-bond acceptors (Lipinski definition) is 2. The van der Waals surface area contributed by atoms with Crippen molar-refractivity contribution in [1.82, 2.24) is 5.32 Å². The van der Waals surface area contributed by atoms with Crippen molar-refractivity contribution in [2.24, 2.45) is 0 Å². The molecule has 3 heteroatoms. The Morgan fingerprint density at radius 3 is 2.48 bits per heavy atom. The SMILES string of the molecule is CCCNC(C)c1ccc(N(C)c2ccccc2)c(Br)c1. The first-order chi connectivity index (χ1) is 10.1. The average Bonchev–Trinajstić information content (AvgIpc) is 2.52. The van der Waals surface area contributed by atoms with Crippen LogP contribution in [0, 0.1) is 0 Å². The Bertz CT molecular complexity index is 569. The predicted octanol–water partition coefficient (Wildman–Crippen LogP) is 5.28. The summed E-state index contributed by atoms with van der Waals surface area (Å²) in [5.74, 6) is 0. The monoisotopic (exact) mass is 346 g/mol. The summed E-state index contributed by atoms with van der Waals surface area (Å²) in [5.41, 5.74) is 3.66. The first kappa shape index (κ1) is 16.1. The number of nitrogens with zero attached hydrogens (tertiary/aromatic N) is 1. The van der Waals surface area contributed by atoms with Crippen molar-refractivity contribution in [3.05, 3.63) is 58.6 Å². The zero-order valence-electron chi connectivity index (χ0n) is 12.9. The molecule has 0 aliphatic rings. The maximum absolute atomic E-state index is 3.71. The van der Waals surface area contributed by atoms with Gasteiger partial charge in [-0.25, -0.2) is 0 Å². The van der Waals surface area contributed by atoms with E-state index in [1.165, 1.54) is 16.9 Å². The molecule has 2 aromatic carbocycles. The number of anilines is 2. The van der Waals surface area contributed by atoms with Gasteiger partial charge in [-0.2, -0.15) is 0 Å². The van der Waals surface area contributed by atoms with Crippen LogP contribution in [0.15, 0.2) is 53.0 Å². The van der Waals surface area contributed by atoms with Crippen LogP contribution in [0.1, 0.15) is 31.9 Å². The van der Waals surface area contributed by atoms with Crippen LogP contribution in [0.5, 0.6) is 0 Å². The van der Waals surface area contributed by atoms with Crippen molar-refractivity contribution < 1.29 is 0 Å². The fraction of sp³-hybridized carbons (Fsp3) is 0.333. The number of para-hydroxylation sites is 1. The first-order valence-electron chi connectivity index (χ1n) is 7.45. The molecule has 0 spiro atoms. The lowest BCUT2D eigenvalue weighted by Gasteiger charge is -2.22. The van der Waals surface area contributed by atoms with Crippen LogP contribution in [-0.4, -0.2) is 13.6 Å². The summed E-state index contributed by atoms with van der Waals surface area (Å²) in [6.45, 7) is 5.44. The van der Waals surface area contributed by atoms with E-state index in [2.05, 4.69) is 89.5 Å². The van der Waals surface area contributed by atoms with E-state index < -0.39 is 0 Å². The van der Waals surface area contributed by atoms with Gasteiger partial charge in [0.05, 0.1) is 5.69 Å². The molecule has 0 fully saturated rings. The number of rotatable bonds is 6. The van der Waals surface area contributed by atoms with E-state index in [-0.39, 0.29) is 0 Å². The van der Waals surface area contributed by atoms with Crippen molar-refractivity contribution in [1.29, 1.82) is 0 Å². The lowest BCUT2D eigenvalue weighted by atomic mass is 10.1. The van der Waals surface area contributed by atoms with E-state index in [0.29, 0.717) is 6.04 Å². The van der Waals surface area contributed by atoms with Crippen LogP contribution in [0.25, 0.3) is 0 Å². The Kier molecular flexibility index (Phi) is 5.83. The summed E-state index contributed by atoms with van der Waals surface area (Å²) in [6, 6.07) is 17.4. The minimum Gasteiger partial charge on any atom is -0.344 e. The second kappa shape index (κ2) is 7.62. The molecule has 0 radical (unpaired) electrons. The molecule has 0 bridgehead atoms. The topological polar surface area (TPSA) is 15.3 Å². The minimum atomic E-state index is 0.373. The van der Waals surface area contributed by atoms with Crippen LogP contribution in [0.2, 0.25) is 0 Å². The highest BCUT2D eigenvalue weighted by Gasteiger charge is 2.11. The van der Waals surface area contributed by atoms with Gasteiger partial charge in [0, 0.05) is 23.2 Å². The summed E-state index contributed by atoms with van der Waals surface area (Å²) in [5, 5.41) is 3.52. The van der Waals surface area contributed by atoms with Crippen molar-refractivity contribution in [3.8, 4) is 0 Å². The number of nitrogens with one attached hydrogen (secondary N) is 1. The summed E-state index contributed by atoms with van der Waals surface area (Å²) in [4.78, 5) is 2.19. The van der Waals surface area contributed by atoms with Gasteiger partial charge in [-0.05, 0) is 65.6 Å². The maximum Gasteiger partial charge on any atom is 0.0552 e. The van der Waals surface area contributed by atoms with E-state index in [0.717, 1.165) is 17.4 Å². The Morgan fingerprint density at radius 1 is 1.14 bits per heavy atom. The van der Waals surface area contributed by atoms with E-state index in [1.54, 1.807) is 0 Å². The normalized spacial score (nSPS) is 12.2. The van der Waals surface area contributed by atoms with Gasteiger partial charge in [0.1, 0.15) is 0 Å². The second-order valence-corrected chi connectivity index (χ2v) is 6.14. The quantitative estimate of drug-likeness (QED) is 0.765. The number of benzene rings is 2. The molecule has 0 aliphatic heterocycles. The van der Waals surface area contributed by atoms with Gasteiger partial charge < -0.3 is 10.2 Å². The fourth-order valence-electron chi connectivity index (χ4n) is 2.33. The van der Waals surface area contributed by atoms with Gasteiger partial charge in [-0.3, -0.25) is 0 Å². The summed E-state index contributed by atoms with van der Waals surface area (Å²) >= 11 is 3.71. The van der Waals surface area contributed by atoms with Crippen molar-refractivity contribution in [2.75, 3.05) is 18.5 Å². The van der Waals surface area contributed by atoms with E-state index >= 15 is 0 Å². The largest absolute Gasteiger partial charge is 0.344 e. The minimum absolute atomic E-state index is 0.373. The molecule has 2 rings (SSSR count). The van der Waals surface area contributed by atoms with Crippen molar-refractivity contribution in [2.45, 2.75) is 26.3 Å². The van der Waals surface area contributed by atoms with Gasteiger partial charge >= 0.3 is 0 Å². The molecule has 112 valence electrons. The Hall–Kier alpha value is -1.32. The average molecular weight is 347 g/mol. The summed E-state index contributed by atoms with van der Waals surface area (Å²) in [7, 11) is 2.09. The third-order valence-electron chi connectivity index (χ3n) is 3.68. The highest BCUT2D eigenvalue weighted by atomic mass is 79.9. The van der Waals surface area contributed by atoms with Gasteiger partial charge in [-0.1, -0.05) is 31.2 Å². The van der Waals surface area contributed by atoms with E-state index in [9.17, 15) is 0 Å². The molecule has 0 heterocycles. The lowest BCUT2D eigenvalue weighted by molar-refractivity contribution is 0.570. The molecule has 1 unspecified atom stereocenters. The van der Waals surface area contributed by atoms with Gasteiger partial charge in [-0.15, -0.1) is 0 Å². The predicted molar refractivity (Wildman–Crippen MR) is 95.4 cm³/mol. The van der Waals surface area contributed by atoms with Gasteiger partial charge in [0.15, 0.2) is 0 Å². The Morgan fingerprint density at radius 2 is 1.86 bits per heavy atom. The molecule has 0 aromatic heterocycles. The first-order valence-corrected chi connectivity index (χ1v) is 8.24. The van der Waals surface area contributed by atoms with Crippen LogP contribution in [-0.2, 0) is 0 Å². The lowest BCUT2D eigenvalue weighted by Crippen LogP contribution is -2.19. The van der Waals surface area contributed by atoms with Crippen LogP contribution in [0.4, 0.5) is 11.4 Å². The Balaban J connectivity index is 2.19. The van der Waals surface area contributed by atoms with Crippen molar-refractivity contribution >= 4 is 27.3 Å². The summed E-state index contributed by atoms with van der Waals surface area (Å²) in [6.07, 6.45) is 1.15. The standard InChI is InChI=1S/C18H23BrN2/c1-4-12-20-14(2)15-10-11-18(17(19)13-15)21(3)16-8-6-5-7-9-16/h5-11,13-14,20H,4,12H2,1-3H3. The van der Waals surface area contributed by atoms with Crippen LogP contribution >= 0.6 is 15.9 Å². The second-order valence-electron chi connectivity index (χ2n) is 5.28. The van der Waals surface area contributed by atoms with Gasteiger partial charge in [0.25, 0.3) is 0 Å². The molecule has 2 aromatic rings. The fourth-order valence-corrected chi connectivity index (χ4v) is 3.00. The van der Waals surface area contributed by atoms with E-state index in [4.69, 9.17) is 0 Å². The zero-order valence-corrected chi connectivity index (χ0v) is 14.5. The number of halogens is 1. The molecular formula is C18H23BrN2. The molecule has 1 N–H and O–H groups in total. The van der Waals surface area contributed by atoms with E-state index in [1.807, 2.05) is 6.07 Å². The van der Waals surface area contributed by atoms with Crippen LogP contribution < -0.4 is 10.2 Å². The zero-order chi connectivity index (χ0) is 15.2. The molecule has 0 amide bonds. The highest BCUT2D eigenvalue weighted by molar-refractivity contribution is 9.10. The summed E-state index contributed by atoms with van der Waals surface area (Å²) < 4.78 is 1.12. The van der Waals surface area contributed by atoms with Crippen molar-refractivity contribution in [3.63, 3.8) is 0 Å². The molecule has 2 nitrogen and oxygen atoms in total. The third kappa shape index (κ3) is 4.08. The maximum atomic E-state index is 3.71. The molecule has 0 aliphatic carbocycles. The highest BCUT2D eigenvalue weighted by Crippen LogP contribution is 2.32. The van der Waals surface area contributed by atoms with Gasteiger partial charge in [0.2, 0.25) is 0 Å². The molecule has 0 saturated carbocycles. The number of hydrogen-bond donors (Lipinski definition) is 1. The molecule has 0 saturated heterocycles. The molecule has 1 atom stereocenters. The smallest absolute Gasteiger partial charge is 0.0552 e. The van der Waals surface area contributed by atoms with Crippen LogP contribution in [0.3, 0.4) is 0 Å².